The summed E-state index contributed by atoms with van der Waals surface area (Å²) in [7, 11) is 0. The molecule has 1 aliphatic rings. The van der Waals surface area contributed by atoms with Gasteiger partial charge in [-0.25, -0.2) is 4.79 Å². The Bertz CT molecular complexity index is 245. The van der Waals surface area contributed by atoms with Crippen molar-refractivity contribution in [3.05, 3.63) is 0 Å². The fourth-order valence-corrected chi connectivity index (χ4v) is 2.48. The van der Waals surface area contributed by atoms with Crippen LogP contribution in [0.25, 0.3) is 0 Å². The second-order valence-corrected chi connectivity index (χ2v) is 4.74. The number of aliphatic carboxylic acids is 1. The van der Waals surface area contributed by atoms with Gasteiger partial charge in [0.15, 0.2) is 0 Å². The molecule has 0 aliphatic carbocycles. The minimum absolute atomic E-state index is 0.0293. The fraction of sp³-hybridized carbons (Fsp3) is 0.800. The zero-order chi connectivity index (χ0) is 11.3. The number of carboxylic acids is 1. The molecule has 15 heavy (non-hydrogen) atoms. The van der Waals surface area contributed by atoms with Crippen LogP contribution in [0, 0.1) is 0 Å². The third kappa shape index (κ3) is 3.41. The molecule has 1 rings (SSSR count). The largest absolute Gasteiger partial charge is 0.480 e. The fourth-order valence-electron chi connectivity index (χ4n) is 1.71. The van der Waals surface area contributed by atoms with Crippen molar-refractivity contribution in [2.24, 2.45) is 0 Å². The number of rotatable bonds is 5. The van der Waals surface area contributed by atoms with Crippen molar-refractivity contribution in [1.29, 1.82) is 0 Å². The zero-order valence-corrected chi connectivity index (χ0v) is 9.76. The van der Waals surface area contributed by atoms with E-state index < -0.39 is 12.0 Å². The smallest absolute Gasteiger partial charge is 0.326 e. The number of nitrogens with zero attached hydrogens (tertiary/aromatic N) is 1. The van der Waals surface area contributed by atoms with Gasteiger partial charge in [-0.2, -0.15) is 11.8 Å². The van der Waals surface area contributed by atoms with Crippen LogP contribution < -0.4 is 0 Å². The maximum atomic E-state index is 11.7. The van der Waals surface area contributed by atoms with E-state index in [9.17, 15) is 9.59 Å². The molecule has 4 nitrogen and oxygen atoms in total. The van der Waals surface area contributed by atoms with Gasteiger partial charge in [0.25, 0.3) is 0 Å². The Balaban J connectivity index is 2.40. The highest BCUT2D eigenvalue weighted by Gasteiger charge is 2.33. The molecule has 0 aromatic rings. The summed E-state index contributed by atoms with van der Waals surface area (Å²) in [6, 6.07) is -0.584. The molecule has 0 unspecified atom stereocenters. The predicted molar refractivity (Wildman–Crippen MR) is 60.0 cm³/mol. The summed E-state index contributed by atoms with van der Waals surface area (Å²) in [4.78, 5) is 24.0. The third-order valence-electron chi connectivity index (χ3n) is 2.43. The van der Waals surface area contributed by atoms with E-state index >= 15 is 0 Å². The predicted octanol–water partition coefficient (Wildman–Crippen LogP) is 1.21. The minimum Gasteiger partial charge on any atom is -0.480 e. The number of hydrogen-bond acceptors (Lipinski definition) is 3. The summed E-state index contributed by atoms with van der Waals surface area (Å²) in [5.74, 6) is 0.467. The van der Waals surface area contributed by atoms with Gasteiger partial charge < -0.3 is 10.0 Å². The van der Waals surface area contributed by atoms with Crippen LogP contribution in [0.2, 0.25) is 0 Å². The number of carboxylic acid groups (broad SMARTS) is 1. The van der Waals surface area contributed by atoms with Crippen LogP contribution in [0.4, 0.5) is 0 Å². The highest BCUT2D eigenvalue weighted by atomic mass is 32.2. The van der Waals surface area contributed by atoms with E-state index in [2.05, 4.69) is 6.92 Å². The Morgan fingerprint density at radius 1 is 1.53 bits per heavy atom. The van der Waals surface area contributed by atoms with Crippen molar-refractivity contribution in [2.45, 2.75) is 32.2 Å². The number of carbonyl (C=O) groups is 2. The molecule has 0 radical (unpaired) electrons. The van der Waals surface area contributed by atoms with Crippen molar-refractivity contribution < 1.29 is 14.7 Å². The Labute approximate surface area is 94.0 Å². The van der Waals surface area contributed by atoms with Crippen molar-refractivity contribution in [3.63, 3.8) is 0 Å². The molecule has 5 heteroatoms. The van der Waals surface area contributed by atoms with Gasteiger partial charge in [0.2, 0.25) is 5.91 Å². The number of amides is 1. The number of hydrogen-bond donors (Lipinski definition) is 1. The summed E-state index contributed by atoms with van der Waals surface area (Å²) in [6.45, 7) is 2.66. The van der Waals surface area contributed by atoms with Gasteiger partial charge in [-0.3, -0.25) is 4.79 Å². The number of thioether (sulfide) groups is 1. The third-order valence-corrected chi connectivity index (χ3v) is 3.58. The van der Waals surface area contributed by atoms with E-state index in [-0.39, 0.29) is 5.91 Å². The van der Waals surface area contributed by atoms with Crippen LogP contribution in [-0.2, 0) is 9.59 Å². The molecule has 0 aromatic heterocycles. The van der Waals surface area contributed by atoms with E-state index in [1.54, 1.807) is 11.8 Å². The number of likely N-dealkylation sites (tertiary alicyclic amines) is 1. The second-order valence-electron chi connectivity index (χ2n) is 3.64. The van der Waals surface area contributed by atoms with Gasteiger partial charge in [0, 0.05) is 6.54 Å². The lowest BCUT2D eigenvalue weighted by atomic mass is 10.2. The van der Waals surface area contributed by atoms with Gasteiger partial charge in [-0.1, -0.05) is 6.92 Å². The van der Waals surface area contributed by atoms with Crippen LogP contribution >= 0.6 is 11.8 Å². The average Bonchev–Trinajstić information content (AvgIpc) is 2.66. The lowest BCUT2D eigenvalue weighted by Crippen LogP contribution is -2.41. The highest BCUT2D eigenvalue weighted by molar-refractivity contribution is 7.99. The number of carbonyl (C=O) groups excluding carboxylic acids is 1. The van der Waals surface area contributed by atoms with Crippen molar-refractivity contribution in [3.8, 4) is 0 Å². The summed E-state index contributed by atoms with van der Waals surface area (Å²) in [5, 5.41) is 8.90. The van der Waals surface area contributed by atoms with E-state index in [0.29, 0.717) is 18.7 Å². The second kappa shape index (κ2) is 6.00. The van der Waals surface area contributed by atoms with Crippen molar-refractivity contribution in [1.82, 2.24) is 4.90 Å². The van der Waals surface area contributed by atoms with Crippen molar-refractivity contribution in [2.75, 3.05) is 18.1 Å². The molecule has 1 aliphatic heterocycles. The van der Waals surface area contributed by atoms with E-state index in [1.165, 1.54) is 4.90 Å². The molecule has 1 saturated heterocycles. The normalized spacial score (nSPS) is 20.6. The van der Waals surface area contributed by atoms with Gasteiger partial charge in [-0.15, -0.1) is 0 Å². The first-order chi connectivity index (χ1) is 7.16. The molecule has 0 saturated carbocycles. The van der Waals surface area contributed by atoms with Crippen molar-refractivity contribution >= 4 is 23.6 Å². The molecule has 1 fully saturated rings. The van der Waals surface area contributed by atoms with E-state index in [1.807, 2.05) is 0 Å². The molecule has 1 amide bonds. The maximum absolute atomic E-state index is 11.7. The van der Waals surface area contributed by atoms with Gasteiger partial charge in [0.1, 0.15) is 6.04 Å². The van der Waals surface area contributed by atoms with Gasteiger partial charge in [-0.05, 0) is 25.0 Å². The Hall–Kier alpha value is -0.710. The SMILES string of the molecule is CCCSCC(=O)N1CCC[C@H]1C(=O)O. The summed E-state index contributed by atoms with van der Waals surface area (Å²) in [6.07, 6.45) is 2.45. The first kappa shape index (κ1) is 12.4. The molecule has 86 valence electrons. The molecular formula is C10H17NO3S. The molecular weight excluding hydrogens is 214 g/mol. The molecule has 0 spiro atoms. The summed E-state index contributed by atoms with van der Waals surface area (Å²) < 4.78 is 0. The first-order valence-corrected chi connectivity index (χ1v) is 6.42. The van der Waals surface area contributed by atoms with Crippen LogP contribution in [-0.4, -0.2) is 46.0 Å². The summed E-state index contributed by atoms with van der Waals surface area (Å²) >= 11 is 1.58. The Morgan fingerprint density at radius 3 is 2.87 bits per heavy atom. The first-order valence-electron chi connectivity index (χ1n) is 5.26. The Morgan fingerprint density at radius 2 is 2.27 bits per heavy atom. The molecule has 1 atom stereocenters. The molecule has 0 bridgehead atoms. The topological polar surface area (TPSA) is 57.6 Å². The maximum Gasteiger partial charge on any atom is 0.326 e. The van der Waals surface area contributed by atoms with Crippen LogP contribution in [0.3, 0.4) is 0 Å². The van der Waals surface area contributed by atoms with Crippen LogP contribution in [0.5, 0.6) is 0 Å². The zero-order valence-electron chi connectivity index (χ0n) is 8.94. The van der Waals surface area contributed by atoms with E-state index in [0.717, 1.165) is 18.6 Å². The standard InChI is InChI=1S/C10H17NO3S/c1-2-6-15-7-9(12)11-5-3-4-8(11)10(13)14/h8H,2-7H2,1H3,(H,13,14)/t8-/m0/s1. The Kier molecular flexibility index (Phi) is 4.94. The highest BCUT2D eigenvalue weighted by Crippen LogP contribution is 2.18. The minimum atomic E-state index is -0.874. The lowest BCUT2D eigenvalue weighted by molar-refractivity contribution is -0.147. The molecule has 1 N–H and O–H groups in total. The van der Waals surface area contributed by atoms with Gasteiger partial charge in [0.05, 0.1) is 5.75 Å². The van der Waals surface area contributed by atoms with Crippen LogP contribution in [0.15, 0.2) is 0 Å². The summed E-state index contributed by atoms with van der Waals surface area (Å²) in [5.41, 5.74) is 0. The lowest BCUT2D eigenvalue weighted by Gasteiger charge is -2.21. The quantitative estimate of drug-likeness (QED) is 0.722. The monoisotopic (exact) mass is 231 g/mol. The van der Waals surface area contributed by atoms with Crippen LogP contribution in [0.1, 0.15) is 26.2 Å². The van der Waals surface area contributed by atoms with Gasteiger partial charge >= 0.3 is 5.97 Å². The molecule has 0 aromatic carbocycles. The molecule has 1 heterocycles. The average molecular weight is 231 g/mol. The van der Waals surface area contributed by atoms with E-state index in [4.69, 9.17) is 5.11 Å².